The number of nitrogens with zero attached hydrogens (tertiary/aromatic N) is 2. The number of para-hydroxylation sites is 1. The number of imidazole rings is 1. The molecule has 0 bridgehead atoms. The molecule has 0 amide bonds. The molecule has 0 aliphatic rings. The van der Waals surface area contributed by atoms with Crippen LogP contribution in [0.2, 0.25) is 0 Å². The minimum absolute atomic E-state index is 0.565. The van der Waals surface area contributed by atoms with E-state index in [4.69, 9.17) is 16.6 Å². The molecule has 0 unspecified atom stereocenters. The van der Waals surface area contributed by atoms with Crippen molar-refractivity contribution in [3.63, 3.8) is 0 Å². The lowest BCUT2D eigenvalue weighted by molar-refractivity contribution is 0.906. The second-order valence-electron chi connectivity index (χ2n) is 5.18. The van der Waals surface area contributed by atoms with E-state index < -0.39 is 0 Å². The summed E-state index contributed by atoms with van der Waals surface area (Å²) in [6.07, 6.45) is 0.752. The Hall–Kier alpha value is -1.32. The topological polar surface area (TPSA) is 17.8 Å². The van der Waals surface area contributed by atoms with Crippen LogP contribution in [-0.2, 0) is 6.42 Å². The lowest BCUT2D eigenvalue weighted by atomic mass is 10.1. The van der Waals surface area contributed by atoms with Crippen LogP contribution in [0.1, 0.15) is 17.0 Å². The van der Waals surface area contributed by atoms with Gasteiger partial charge in [-0.2, -0.15) is 0 Å². The smallest absolute Gasteiger partial charge is 0.115 e. The van der Waals surface area contributed by atoms with Crippen molar-refractivity contribution in [3.05, 3.63) is 57.8 Å². The van der Waals surface area contributed by atoms with Crippen molar-refractivity contribution in [2.45, 2.75) is 20.3 Å². The maximum Gasteiger partial charge on any atom is 0.115 e. The summed E-state index contributed by atoms with van der Waals surface area (Å²) < 4.78 is 3.29. The van der Waals surface area contributed by atoms with Gasteiger partial charge in [-0.3, -0.25) is 4.57 Å². The van der Waals surface area contributed by atoms with Crippen molar-refractivity contribution in [1.29, 1.82) is 0 Å². The molecule has 1 heterocycles. The number of rotatable bonds is 3. The van der Waals surface area contributed by atoms with Gasteiger partial charge in [-0.05, 0) is 43.2 Å². The van der Waals surface area contributed by atoms with E-state index in [1.807, 2.05) is 0 Å². The van der Waals surface area contributed by atoms with E-state index in [9.17, 15) is 0 Å². The molecule has 4 heteroatoms. The van der Waals surface area contributed by atoms with E-state index in [1.54, 1.807) is 0 Å². The third-order valence-corrected chi connectivity index (χ3v) is 4.37. The summed E-state index contributed by atoms with van der Waals surface area (Å²) >= 11 is 9.54. The van der Waals surface area contributed by atoms with Crippen molar-refractivity contribution in [3.8, 4) is 5.69 Å². The predicted molar refractivity (Wildman–Crippen MR) is 92.7 cm³/mol. The zero-order valence-corrected chi connectivity index (χ0v) is 14.4. The molecule has 108 valence electrons. The van der Waals surface area contributed by atoms with Crippen molar-refractivity contribution in [1.82, 2.24) is 9.55 Å². The molecular weight excluding hydrogens is 348 g/mol. The van der Waals surface area contributed by atoms with Crippen LogP contribution in [0, 0.1) is 13.8 Å². The van der Waals surface area contributed by atoms with Crippen molar-refractivity contribution in [2.24, 2.45) is 0 Å². The number of aryl methyl sites for hydroxylation is 3. The third kappa shape index (κ3) is 2.60. The quantitative estimate of drug-likeness (QED) is 0.586. The lowest BCUT2D eigenvalue weighted by Crippen LogP contribution is -2.04. The van der Waals surface area contributed by atoms with Crippen LogP contribution in [0.4, 0.5) is 0 Å². The monoisotopic (exact) mass is 362 g/mol. The molecule has 2 nitrogen and oxygen atoms in total. The summed E-state index contributed by atoms with van der Waals surface area (Å²) in [7, 11) is 0. The number of fused-ring (bicyclic) bond motifs is 1. The predicted octanol–water partition coefficient (Wildman–Crippen LogP) is 5.19. The number of hydrogen-bond acceptors (Lipinski definition) is 1. The third-order valence-electron chi connectivity index (χ3n) is 3.69. The molecule has 0 atom stereocenters. The van der Waals surface area contributed by atoms with Gasteiger partial charge in [0.25, 0.3) is 0 Å². The van der Waals surface area contributed by atoms with Gasteiger partial charge in [-0.1, -0.05) is 34.1 Å². The highest BCUT2D eigenvalue weighted by molar-refractivity contribution is 9.10. The number of benzene rings is 2. The fourth-order valence-electron chi connectivity index (χ4n) is 2.63. The average molecular weight is 364 g/mol. The Labute approximate surface area is 137 Å². The number of alkyl halides is 1. The highest BCUT2D eigenvalue weighted by atomic mass is 79.9. The van der Waals surface area contributed by atoms with Crippen LogP contribution in [0.5, 0.6) is 0 Å². The first-order valence-corrected chi connectivity index (χ1v) is 8.24. The Bertz CT molecular complexity index is 808. The Morgan fingerprint density at radius 3 is 2.71 bits per heavy atom. The van der Waals surface area contributed by atoms with E-state index in [0.29, 0.717) is 5.88 Å². The van der Waals surface area contributed by atoms with E-state index in [1.165, 1.54) is 11.1 Å². The van der Waals surface area contributed by atoms with Gasteiger partial charge >= 0.3 is 0 Å². The minimum atomic E-state index is 0.565. The molecule has 21 heavy (non-hydrogen) atoms. The van der Waals surface area contributed by atoms with Crippen LogP contribution in [0.3, 0.4) is 0 Å². The number of aromatic nitrogens is 2. The molecule has 0 saturated heterocycles. The number of halogens is 2. The van der Waals surface area contributed by atoms with E-state index in [-0.39, 0.29) is 0 Å². The Morgan fingerprint density at radius 2 is 1.95 bits per heavy atom. The molecule has 3 rings (SSSR count). The molecule has 0 aliphatic carbocycles. The molecular formula is C17H16BrClN2. The fraction of sp³-hybridized carbons (Fsp3) is 0.235. The van der Waals surface area contributed by atoms with E-state index >= 15 is 0 Å². The van der Waals surface area contributed by atoms with Gasteiger partial charge in [0.2, 0.25) is 0 Å². The van der Waals surface area contributed by atoms with E-state index in [2.05, 4.69) is 70.7 Å². The molecule has 0 saturated carbocycles. The van der Waals surface area contributed by atoms with Crippen LogP contribution in [-0.4, -0.2) is 15.4 Å². The van der Waals surface area contributed by atoms with Crippen molar-refractivity contribution in [2.75, 3.05) is 5.88 Å². The van der Waals surface area contributed by atoms with Gasteiger partial charge in [0.05, 0.1) is 16.7 Å². The summed E-state index contributed by atoms with van der Waals surface area (Å²) in [5, 5.41) is 0. The second kappa shape index (κ2) is 5.82. The summed E-state index contributed by atoms with van der Waals surface area (Å²) in [6, 6.07) is 12.6. The standard InChI is InChI=1S/C17H16BrClN2/c1-11-6-7-13(18)10-15(11)21-14-5-3-4-12(2)17(14)20-16(21)8-9-19/h3-7,10H,8-9H2,1-2H3. The normalized spacial score (nSPS) is 11.2. The first-order chi connectivity index (χ1) is 10.1. The minimum Gasteiger partial charge on any atom is -0.296 e. The van der Waals surface area contributed by atoms with Crippen molar-refractivity contribution >= 4 is 38.6 Å². The van der Waals surface area contributed by atoms with Crippen LogP contribution in [0.25, 0.3) is 16.7 Å². The highest BCUT2D eigenvalue weighted by Gasteiger charge is 2.15. The Morgan fingerprint density at radius 1 is 1.14 bits per heavy atom. The number of hydrogen-bond donors (Lipinski definition) is 0. The largest absolute Gasteiger partial charge is 0.296 e. The van der Waals surface area contributed by atoms with E-state index in [0.717, 1.165) is 33.4 Å². The van der Waals surface area contributed by atoms with Gasteiger partial charge in [0.15, 0.2) is 0 Å². The summed E-state index contributed by atoms with van der Waals surface area (Å²) in [5.74, 6) is 1.57. The summed E-state index contributed by atoms with van der Waals surface area (Å²) in [4.78, 5) is 4.81. The van der Waals surface area contributed by atoms with Gasteiger partial charge in [0.1, 0.15) is 5.82 Å². The Balaban J connectivity index is 2.36. The molecule has 2 aromatic carbocycles. The van der Waals surface area contributed by atoms with Crippen LogP contribution >= 0.6 is 27.5 Å². The van der Waals surface area contributed by atoms with Crippen LogP contribution < -0.4 is 0 Å². The SMILES string of the molecule is Cc1ccc(Br)cc1-n1c(CCCl)nc2c(C)cccc21. The molecule has 0 N–H and O–H groups in total. The Kier molecular flexibility index (Phi) is 4.05. The molecule has 3 aromatic rings. The van der Waals surface area contributed by atoms with Crippen molar-refractivity contribution < 1.29 is 0 Å². The first-order valence-electron chi connectivity index (χ1n) is 6.91. The lowest BCUT2D eigenvalue weighted by Gasteiger charge is -2.12. The van der Waals surface area contributed by atoms with Gasteiger partial charge in [0, 0.05) is 16.8 Å². The maximum absolute atomic E-state index is 5.97. The highest BCUT2D eigenvalue weighted by Crippen LogP contribution is 2.28. The summed E-state index contributed by atoms with van der Waals surface area (Å²) in [6.45, 7) is 4.21. The molecule has 0 aliphatic heterocycles. The molecule has 0 radical (unpaired) electrons. The zero-order valence-electron chi connectivity index (χ0n) is 12.0. The van der Waals surface area contributed by atoms with Gasteiger partial charge in [-0.15, -0.1) is 11.6 Å². The fourth-order valence-corrected chi connectivity index (χ4v) is 3.15. The average Bonchev–Trinajstić information content (AvgIpc) is 2.82. The first kappa shape index (κ1) is 14.6. The molecule has 0 spiro atoms. The molecule has 0 fully saturated rings. The molecule has 1 aromatic heterocycles. The maximum atomic E-state index is 5.97. The summed E-state index contributed by atoms with van der Waals surface area (Å²) in [5.41, 5.74) is 5.75. The zero-order chi connectivity index (χ0) is 15.0. The second-order valence-corrected chi connectivity index (χ2v) is 6.47. The van der Waals surface area contributed by atoms with Gasteiger partial charge in [-0.25, -0.2) is 4.98 Å². The van der Waals surface area contributed by atoms with Crippen LogP contribution in [0.15, 0.2) is 40.9 Å². The van der Waals surface area contributed by atoms with Gasteiger partial charge < -0.3 is 0 Å².